The summed E-state index contributed by atoms with van der Waals surface area (Å²) in [6.07, 6.45) is -3.88. The summed E-state index contributed by atoms with van der Waals surface area (Å²) < 4.78 is 48.5. The SMILES string of the molecule is COc1ccc(CCNC(=O)NCc2cccc(C(F)(F)F)c2)c(OC)c1. The molecule has 2 rings (SSSR count). The third-order valence-corrected chi connectivity index (χ3v) is 3.88. The first-order valence-corrected chi connectivity index (χ1v) is 8.22. The van der Waals surface area contributed by atoms with E-state index in [9.17, 15) is 18.0 Å². The Balaban J connectivity index is 1.82. The molecule has 2 aromatic carbocycles. The zero-order valence-corrected chi connectivity index (χ0v) is 15.0. The van der Waals surface area contributed by atoms with Crippen molar-refractivity contribution in [3.8, 4) is 11.5 Å². The summed E-state index contributed by atoms with van der Waals surface area (Å²) in [7, 11) is 3.11. The van der Waals surface area contributed by atoms with Crippen LogP contribution in [0, 0.1) is 0 Å². The third kappa shape index (κ3) is 6.09. The highest BCUT2D eigenvalue weighted by Gasteiger charge is 2.30. The molecule has 0 heterocycles. The minimum atomic E-state index is -4.41. The number of ether oxygens (including phenoxy) is 2. The fraction of sp³-hybridized carbons (Fsp3) is 0.316. The number of urea groups is 1. The highest BCUT2D eigenvalue weighted by atomic mass is 19.4. The van der Waals surface area contributed by atoms with Gasteiger partial charge >= 0.3 is 12.2 Å². The lowest BCUT2D eigenvalue weighted by Crippen LogP contribution is -2.36. The van der Waals surface area contributed by atoms with Gasteiger partial charge in [-0.05, 0) is 35.7 Å². The average Bonchev–Trinajstić information content (AvgIpc) is 2.66. The molecule has 146 valence electrons. The predicted molar refractivity (Wildman–Crippen MR) is 94.9 cm³/mol. The van der Waals surface area contributed by atoms with Gasteiger partial charge in [0.1, 0.15) is 11.5 Å². The monoisotopic (exact) mass is 382 g/mol. The number of carbonyl (C=O) groups excluding carboxylic acids is 1. The van der Waals surface area contributed by atoms with Crippen molar-refractivity contribution in [2.24, 2.45) is 0 Å². The molecule has 0 spiro atoms. The first kappa shape index (κ1) is 20.4. The van der Waals surface area contributed by atoms with Crippen LogP contribution < -0.4 is 20.1 Å². The summed E-state index contributed by atoms with van der Waals surface area (Å²) in [5.41, 5.74) is 0.530. The molecule has 2 amide bonds. The molecule has 0 aliphatic heterocycles. The van der Waals surface area contributed by atoms with Crippen molar-refractivity contribution >= 4 is 6.03 Å². The maximum atomic E-state index is 12.7. The lowest BCUT2D eigenvalue weighted by Gasteiger charge is -2.12. The van der Waals surface area contributed by atoms with Crippen LogP contribution in [0.5, 0.6) is 11.5 Å². The number of carbonyl (C=O) groups is 1. The number of halogens is 3. The Bertz CT molecular complexity index is 779. The zero-order valence-electron chi connectivity index (χ0n) is 15.0. The lowest BCUT2D eigenvalue weighted by atomic mass is 10.1. The van der Waals surface area contributed by atoms with Crippen LogP contribution in [0.4, 0.5) is 18.0 Å². The Hall–Kier alpha value is -2.90. The van der Waals surface area contributed by atoms with Gasteiger partial charge in [0, 0.05) is 19.2 Å². The van der Waals surface area contributed by atoms with Crippen LogP contribution in [0.25, 0.3) is 0 Å². The number of methoxy groups -OCH3 is 2. The molecule has 0 unspecified atom stereocenters. The van der Waals surface area contributed by atoms with Crippen LogP contribution in [-0.2, 0) is 19.1 Å². The van der Waals surface area contributed by atoms with Gasteiger partial charge in [-0.15, -0.1) is 0 Å². The number of hydrogen-bond acceptors (Lipinski definition) is 3. The van der Waals surface area contributed by atoms with Gasteiger partial charge in [-0.25, -0.2) is 4.79 Å². The van der Waals surface area contributed by atoms with E-state index in [0.717, 1.165) is 17.7 Å². The van der Waals surface area contributed by atoms with E-state index in [2.05, 4.69) is 10.6 Å². The molecular weight excluding hydrogens is 361 g/mol. The molecule has 0 aliphatic carbocycles. The summed E-state index contributed by atoms with van der Waals surface area (Å²) >= 11 is 0. The Morgan fingerprint density at radius 1 is 1.04 bits per heavy atom. The molecule has 0 aromatic heterocycles. The van der Waals surface area contributed by atoms with Gasteiger partial charge in [0.2, 0.25) is 0 Å². The molecule has 0 fully saturated rings. The van der Waals surface area contributed by atoms with Gasteiger partial charge in [-0.3, -0.25) is 0 Å². The standard InChI is InChI=1S/C19H21F3N2O3/c1-26-16-7-6-14(17(11-16)27-2)8-9-23-18(25)24-12-13-4-3-5-15(10-13)19(20,21)22/h3-7,10-11H,8-9,12H2,1-2H3,(H2,23,24,25). The van der Waals surface area contributed by atoms with Crippen LogP contribution in [0.1, 0.15) is 16.7 Å². The average molecular weight is 382 g/mol. The topological polar surface area (TPSA) is 59.6 Å². The summed E-state index contributed by atoms with van der Waals surface area (Å²) in [5, 5.41) is 5.21. The Morgan fingerprint density at radius 2 is 1.81 bits per heavy atom. The number of benzene rings is 2. The van der Waals surface area contributed by atoms with Crippen molar-refractivity contribution in [2.75, 3.05) is 20.8 Å². The van der Waals surface area contributed by atoms with Crippen molar-refractivity contribution < 1.29 is 27.4 Å². The molecule has 8 heteroatoms. The molecule has 2 N–H and O–H groups in total. The van der Waals surface area contributed by atoms with E-state index in [-0.39, 0.29) is 6.54 Å². The fourth-order valence-electron chi connectivity index (χ4n) is 2.47. The summed E-state index contributed by atoms with van der Waals surface area (Å²) in [6.45, 7) is 0.346. The maximum Gasteiger partial charge on any atom is 0.416 e. The van der Waals surface area contributed by atoms with E-state index >= 15 is 0 Å². The smallest absolute Gasteiger partial charge is 0.416 e. The maximum absolute atomic E-state index is 12.7. The van der Waals surface area contributed by atoms with E-state index < -0.39 is 17.8 Å². The molecule has 0 atom stereocenters. The predicted octanol–water partition coefficient (Wildman–Crippen LogP) is 3.76. The largest absolute Gasteiger partial charge is 0.497 e. The van der Waals surface area contributed by atoms with Crippen LogP contribution in [-0.4, -0.2) is 26.8 Å². The van der Waals surface area contributed by atoms with Crippen LogP contribution >= 0.6 is 0 Å². The van der Waals surface area contributed by atoms with Crippen LogP contribution in [0.3, 0.4) is 0 Å². The molecule has 0 bridgehead atoms. The van der Waals surface area contributed by atoms with Gasteiger partial charge in [0.15, 0.2) is 0 Å². The van der Waals surface area contributed by atoms with E-state index in [1.807, 2.05) is 6.07 Å². The number of amides is 2. The number of hydrogen-bond donors (Lipinski definition) is 2. The van der Waals surface area contributed by atoms with Gasteiger partial charge in [0.25, 0.3) is 0 Å². The second-order valence-electron chi connectivity index (χ2n) is 5.74. The normalized spacial score (nSPS) is 11.0. The molecule has 2 aromatic rings. The van der Waals surface area contributed by atoms with Crippen molar-refractivity contribution in [3.05, 3.63) is 59.2 Å². The second kappa shape index (κ2) is 9.16. The Labute approximate surface area is 155 Å². The highest BCUT2D eigenvalue weighted by molar-refractivity contribution is 5.73. The van der Waals surface area contributed by atoms with E-state index in [1.165, 1.54) is 12.1 Å². The van der Waals surface area contributed by atoms with Crippen molar-refractivity contribution in [2.45, 2.75) is 19.1 Å². The molecule has 0 radical (unpaired) electrons. The number of alkyl halides is 3. The summed E-state index contributed by atoms with van der Waals surface area (Å²) in [6, 6.07) is 9.79. The molecule has 27 heavy (non-hydrogen) atoms. The van der Waals surface area contributed by atoms with Crippen LogP contribution in [0.2, 0.25) is 0 Å². The Morgan fingerprint density at radius 3 is 2.48 bits per heavy atom. The van der Waals surface area contributed by atoms with Crippen molar-refractivity contribution in [1.82, 2.24) is 10.6 Å². The number of rotatable bonds is 7. The third-order valence-electron chi connectivity index (χ3n) is 3.88. The van der Waals surface area contributed by atoms with Gasteiger partial charge < -0.3 is 20.1 Å². The van der Waals surface area contributed by atoms with Crippen LogP contribution in [0.15, 0.2) is 42.5 Å². The minimum absolute atomic E-state index is 0.00160. The quantitative estimate of drug-likeness (QED) is 0.767. The van der Waals surface area contributed by atoms with E-state index in [1.54, 1.807) is 26.4 Å². The van der Waals surface area contributed by atoms with E-state index in [0.29, 0.717) is 30.0 Å². The molecular formula is C19H21F3N2O3. The van der Waals surface area contributed by atoms with Crippen molar-refractivity contribution in [1.29, 1.82) is 0 Å². The number of nitrogens with one attached hydrogen (secondary N) is 2. The lowest BCUT2D eigenvalue weighted by molar-refractivity contribution is -0.137. The van der Waals surface area contributed by atoms with Gasteiger partial charge in [-0.2, -0.15) is 13.2 Å². The molecule has 5 nitrogen and oxygen atoms in total. The molecule has 0 aliphatic rings. The summed E-state index contributed by atoms with van der Waals surface area (Å²) in [4.78, 5) is 11.8. The first-order valence-electron chi connectivity index (χ1n) is 8.22. The molecule has 0 saturated carbocycles. The minimum Gasteiger partial charge on any atom is -0.497 e. The summed E-state index contributed by atoms with van der Waals surface area (Å²) in [5.74, 6) is 1.32. The van der Waals surface area contributed by atoms with Gasteiger partial charge in [0.05, 0.1) is 19.8 Å². The molecule has 0 saturated heterocycles. The first-order chi connectivity index (χ1) is 12.8. The zero-order chi connectivity index (χ0) is 19.9. The second-order valence-corrected chi connectivity index (χ2v) is 5.74. The fourth-order valence-corrected chi connectivity index (χ4v) is 2.47. The highest BCUT2D eigenvalue weighted by Crippen LogP contribution is 2.29. The Kier molecular flexibility index (Phi) is 6.92. The van der Waals surface area contributed by atoms with Crippen molar-refractivity contribution in [3.63, 3.8) is 0 Å². The van der Waals surface area contributed by atoms with Gasteiger partial charge in [-0.1, -0.05) is 18.2 Å². The van der Waals surface area contributed by atoms with E-state index in [4.69, 9.17) is 9.47 Å².